The summed E-state index contributed by atoms with van der Waals surface area (Å²) >= 11 is 2.84. The number of aromatic nitrogens is 2. The lowest BCUT2D eigenvalue weighted by Crippen LogP contribution is -2.07. The van der Waals surface area contributed by atoms with Gasteiger partial charge in [0.1, 0.15) is 5.65 Å². The summed E-state index contributed by atoms with van der Waals surface area (Å²) in [6.07, 6.45) is -1.80. The average molecular weight is 265 g/mol. The molecule has 0 unspecified atom stereocenters. The van der Waals surface area contributed by atoms with Crippen LogP contribution in [-0.2, 0) is 6.18 Å². The van der Waals surface area contributed by atoms with Crippen molar-refractivity contribution in [1.29, 1.82) is 0 Å². The smallest absolute Gasteiger partial charge is 0.346 e. The molecule has 1 N–H and O–H groups in total. The first-order chi connectivity index (χ1) is 6.50. The number of alkyl halides is 3. The molecule has 0 fully saturated rings. The van der Waals surface area contributed by atoms with Crippen molar-refractivity contribution in [3.05, 3.63) is 28.5 Å². The third-order valence-corrected chi connectivity index (χ3v) is 2.43. The molecule has 74 valence electrons. The fraction of sp³-hybridized carbons (Fsp3) is 0.125. The second-order valence-corrected chi connectivity index (χ2v) is 3.57. The van der Waals surface area contributed by atoms with Gasteiger partial charge >= 0.3 is 6.18 Å². The van der Waals surface area contributed by atoms with Gasteiger partial charge < -0.3 is 4.98 Å². The summed E-state index contributed by atoms with van der Waals surface area (Å²) in [4.78, 5) is 6.44. The van der Waals surface area contributed by atoms with E-state index in [1.54, 1.807) is 0 Å². The highest BCUT2D eigenvalue weighted by Crippen LogP contribution is 2.38. The molecule has 2 aromatic rings. The predicted molar refractivity (Wildman–Crippen MR) is 48.8 cm³/mol. The number of fused-ring (bicyclic) bond motifs is 1. The number of aromatic amines is 1. The largest absolute Gasteiger partial charge is 0.418 e. The van der Waals surface area contributed by atoms with Crippen molar-refractivity contribution in [2.24, 2.45) is 0 Å². The molecule has 0 aliphatic heterocycles. The summed E-state index contributed by atoms with van der Waals surface area (Å²) in [7, 11) is 0. The van der Waals surface area contributed by atoms with E-state index >= 15 is 0 Å². The quantitative estimate of drug-likeness (QED) is 0.777. The van der Waals surface area contributed by atoms with E-state index in [1.807, 2.05) is 0 Å². The van der Waals surface area contributed by atoms with Crippen molar-refractivity contribution in [1.82, 2.24) is 9.97 Å². The Labute approximate surface area is 85.3 Å². The van der Waals surface area contributed by atoms with Crippen LogP contribution in [0.25, 0.3) is 11.0 Å². The van der Waals surface area contributed by atoms with Crippen molar-refractivity contribution < 1.29 is 13.2 Å². The summed E-state index contributed by atoms with van der Waals surface area (Å²) in [5, 5.41) is 0.0758. The van der Waals surface area contributed by atoms with E-state index in [9.17, 15) is 13.2 Å². The van der Waals surface area contributed by atoms with E-state index in [4.69, 9.17) is 0 Å². The standard InChI is InChI=1S/C8H4BrF3N2/c9-5-3-14-7-4(1-2-13-7)6(5)8(10,11)12/h1-3H,(H,13,14). The molecule has 0 aromatic carbocycles. The maximum absolute atomic E-state index is 12.6. The molecule has 0 saturated heterocycles. The molecule has 0 aliphatic rings. The predicted octanol–water partition coefficient (Wildman–Crippen LogP) is 3.34. The molecule has 0 spiro atoms. The first kappa shape index (κ1) is 9.51. The number of nitrogens with zero attached hydrogens (tertiary/aromatic N) is 1. The molecule has 2 rings (SSSR count). The summed E-state index contributed by atoms with van der Waals surface area (Å²) in [5.41, 5.74) is -0.454. The Morgan fingerprint density at radius 1 is 1.36 bits per heavy atom. The molecule has 2 nitrogen and oxygen atoms in total. The molecule has 0 radical (unpaired) electrons. The third kappa shape index (κ3) is 1.39. The van der Waals surface area contributed by atoms with E-state index in [0.29, 0.717) is 0 Å². The maximum atomic E-state index is 12.6. The van der Waals surface area contributed by atoms with Gasteiger partial charge in [-0.3, -0.25) is 0 Å². The van der Waals surface area contributed by atoms with E-state index in [-0.39, 0.29) is 15.5 Å². The normalized spacial score (nSPS) is 12.3. The molecular weight excluding hydrogens is 261 g/mol. The van der Waals surface area contributed by atoms with Crippen LogP contribution in [0.5, 0.6) is 0 Å². The van der Waals surface area contributed by atoms with Gasteiger partial charge in [-0.2, -0.15) is 13.2 Å². The number of rotatable bonds is 0. The van der Waals surface area contributed by atoms with Crippen LogP contribution in [0.1, 0.15) is 5.56 Å². The fourth-order valence-corrected chi connectivity index (χ4v) is 1.81. The van der Waals surface area contributed by atoms with Crippen LogP contribution in [-0.4, -0.2) is 9.97 Å². The average Bonchev–Trinajstić information content (AvgIpc) is 2.48. The summed E-state index contributed by atoms with van der Waals surface area (Å²) in [6.45, 7) is 0. The number of halogens is 4. The van der Waals surface area contributed by atoms with Gasteiger partial charge in [-0.1, -0.05) is 0 Å². The molecule has 0 amide bonds. The number of hydrogen-bond acceptors (Lipinski definition) is 1. The molecule has 2 aromatic heterocycles. The molecular formula is C8H4BrF3N2. The molecule has 14 heavy (non-hydrogen) atoms. The highest BCUT2D eigenvalue weighted by Gasteiger charge is 2.35. The van der Waals surface area contributed by atoms with Crippen molar-refractivity contribution in [2.75, 3.05) is 0 Å². The maximum Gasteiger partial charge on any atom is 0.418 e. The lowest BCUT2D eigenvalue weighted by molar-refractivity contribution is -0.136. The number of pyridine rings is 1. The molecule has 0 aliphatic carbocycles. The van der Waals surface area contributed by atoms with Crippen LogP contribution >= 0.6 is 15.9 Å². The minimum atomic E-state index is -4.37. The number of nitrogens with one attached hydrogen (secondary N) is 1. The molecule has 0 saturated carbocycles. The van der Waals surface area contributed by atoms with Gasteiger partial charge in [0.25, 0.3) is 0 Å². The molecule has 2 heterocycles. The molecule has 6 heteroatoms. The Balaban J connectivity index is 2.83. The number of hydrogen-bond donors (Lipinski definition) is 1. The van der Waals surface area contributed by atoms with E-state index < -0.39 is 11.7 Å². The van der Waals surface area contributed by atoms with Crippen LogP contribution in [0.15, 0.2) is 22.9 Å². The van der Waals surface area contributed by atoms with Crippen LogP contribution in [0, 0.1) is 0 Å². The summed E-state index contributed by atoms with van der Waals surface area (Å²) in [5.74, 6) is 0. The zero-order valence-corrected chi connectivity index (χ0v) is 8.28. The SMILES string of the molecule is FC(F)(F)c1c(Br)cnc2[nH]ccc12. The summed E-state index contributed by atoms with van der Waals surface area (Å²) < 4.78 is 37.7. The van der Waals surface area contributed by atoms with Crippen LogP contribution in [0.4, 0.5) is 13.2 Å². The Hall–Kier alpha value is -1.04. The van der Waals surface area contributed by atoms with Gasteiger partial charge in [-0.25, -0.2) is 4.98 Å². The second-order valence-electron chi connectivity index (χ2n) is 2.72. The Morgan fingerprint density at radius 2 is 2.07 bits per heavy atom. The molecule has 0 bridgehead atoms. The van der Waals surface area contributed by atoms with Crippen molar-refractivity contribution in [2.45, 2.75) is 6.18 Å². The minimum Gasteiger partial charge on any atom is -0.346 e. The van der Waals surface area contributed by atoms with Crippen molar-refractivity contribution in [3.8, 4) is 0 Å². The lowest BCUT2D eigenvalue weighted by atomic mass is 10.2. The Morgan fingerprint density at radius 3 is 2.71 bits per heavy atom. The lowest BCUT2D eigenvalue weighted by Gasteiger charge is -2.09. The van der Waals surface area contributed by atoms with Crippen LogP contribution < -0.4 is 0 Å². The Kier molecular flexibility index (Phi) is 2.02. The second kappa shape index (κ2) is 2.98. The number of H-pyrrole nitrogens is 1. The zero-order valence-electron chi connectivity index (χ0n) is 6.69. The monoisotopic (exact) mass is 264 g/mol. The van der Waals surface area contributed by atoms with E-state index in [0.717, 1.165) is 6.20 Å². The first-order valence-electron chi connectivity index (χ1n) is 3.69. The molecule has 0 atom stereocenters. The topological polar surface area (TPSA) is 28.7 Å². The third-order valence-electron chi connectivity index (χ3n) is 1.82. The van der Waals surface area contributed by atoms with E-state index in [2.05, 4.69) is 25.9 Å². The zero-order chi connectivity index (χ0) is 10.3. The Bertz CT molecular complexity index is 475. The first-order valence-corrected chi connectivity index (χ1v) is 4.48. The highest BCUT2D eigenvalue weighted by molar-refractivity contribution is 9.10. The van der Waals surface area contributed by atoms with Gasteiger partial charge in [0, 0.05) is 22.3 Å². The van der Waals surface area contributed by atoms with Gasteiger partial charge in [0.2, 0.25) is 0 Å². The van der Waals surface area contributed by atoms with Gasteiger partial charge in [-0.05, 0) is 22.0 Å². The minimum absolute atomic E-state index is 0.0444. The van der Waals surface area contributed by atoms with Crippen molar-refractivity contribution in [3.63, 3.8) is 0 Å². The highest BCUT2D eigenvalue weighted by atomic mass is 79.9. The van der Waals surface area contributed by atoms with Crippen LogP contribution in [0.2, 0.25) is 0 Å². The van der Waals surface area contributed by atoms with E-state index in [1.165, 1.54) is 12.3 Å². The van der Waals surface area contributed by atoms with Crippen molar-refractivity contribution >= 4 is 27.0 Å². The van der Waals surface area contributed by atoms with Gasteiger partial charge in [0.15, 0.2) is 0 Å². The summed E-state index contributed by atoms with van der Waals surface area (Å²) in [6, 6.07) is 1.36. The van der Waals surface area contributed by atoms with Crippen LogP contribution in [0.3, 0.4) is 0 Å². The van der Waals surface area contributed by atoms with Gasteiger partial charge in [0.05, 0.1) is 5.56 Å². The van der Waals surface area contributed by atoms with Gasteiger partial charge in [-0.15, -0.1) is 0 Å². The fourth-order valence-electron chi connectivity index (χ4n) is 1.27.